The van der Waals surface area contributed by atoms with E-state index >= 15 is 0 Å². The van der Waals surface area contributed by atoms with Gasteiger partial charge in [-0.25, -0.2) is 0 Å². The zero-order valence-electron chi connectivity index (χ0n) is 18.4. The molecular weight excluding hydrogens is 420 g/mol. The Balaban J connectivity index is 1.53. The molecule has 0 radical (unpaired) electrons. The fraction of sp³-hybridized carbons (Fsp3) is 0.700. The Morgan fingerprint density at radius 1 is 0.867 bits per heavy atom. The summed E-state index contributed by atoms with van der Waals surface area (Å²) in [5.74, 6) is 0.753. The van der Waals surface area contributed by atoms with Gasteiger partial charge in [-0.3, -0.25) is 9.59 Å². The number of carbonyl (C=O) groups excluding carboxylic acids is 2. The fourth-order valence-electron chi connectivity index (χ4n) is 3.14. The molecule has 0 aliphatic heterocycles. The molecular formula is C20H30N6O2S2. The molecule has 164 valence electrons. The molecule has 10 heteroatoms. The normalized spacial score (nSPS) is 19.7. The number of aromatic nitrogens is 4. The molecule has 2 heterocycles. The average molecular weight is 451 g/mol. The van der Waals surface area contributed by atoms with Crippen LogP contribution in [0, 0.1) is 16.7 Å². The van der Waals surface area contributed by atoms with Crippen LogP contribution in [0.3, 0.4) is 0 Å². The highest BCUT2D eigenvalue weighted by molar-refractivity contribution is 7.15. The predicted octanol–water partition coefficient (Wildman–Crippen LogP) is 4.49. The topological polar surface area (TPSA) is 110 Å². The molecule has 3 rings (SSSR count). The third kappa shape index (κ3) is 5.81. The van der Waals surface area contributed by atoms with Crippen molar-refractivity contribution < 1.29 is 9.59 Å². The van der Waals surface area contributed by atoms with E-state index in [0.717, 1.165) is 35.7 Å². The summed E-state index contributed by atoms with van der Waals surface area (Å²) in [5.41, 5.74) is -0.922. The molecule has 1 fully saturated rings. The van der Waals surface area contributed by atoms with Crippen LogP contribution >= 0.6 is 22.7 Å². The molecule has 2 atom stereocenters. The molecule has 2 aromatic heterocycles. The fourth-order valence-corrected chi connectivity index (χ4v) is 4.87. The van der Waals surface area contributed by atoms with E-state index in [0.29, 0.717) is 22.1 Å². The number of nitrogens with one attached hydrogen (secondary N) is 2. The van der Waals surface area contributed by atoms with Crippen LogP contribution in [0.25, 0.3) is 0 Å². The van der Waals surface area contributed by atoms with Gasteiger partial charge in [-0.1, -0.05) is 64.2 Å². The van der Waals surface area contributed by atoms with Gasteiger partial charge < -0.3 is 10.6 Å². The molecule has 0 aromatic carbocycles. The standard InChI is InChI=1S/C20H30N6O2S2/c1-19(2,3)15(27)21-17-25-23-13(29-17)10-11-7-8-12(9-11)14-24-26-18(30-14)22-16(28)20(4,5)6/h11-12H,7-10H2,1-6H3,(H,21,25,27)(H,22,26,28). The van der Waals surface area contributed by atoms with E-state index in [9.17, 15) is 9.59 Å². The van der Waals surface area contributed by atoms with Gasteiger partial charge in [0.15, 0.2) is 0 Å². The van der Waals surface area contributed by atoms with Crippen molar-refractivity contribution in [2.45, 2.75) is 73.1 Å². The van der Waals surface area contributed by atoms with E-state index in [-0.39, 0.29) is 11.8 Å². The van der Waals surface area contributed by atoms with Crippen molar-refractivity contribution in [2.24, 2.45) is 16.7 Å². The maximum absolute atomic E-state index is 12.1. The quantitative estimate of drug-likeness (QED) is 0.695. The Morgan fingerprint density at radius 2 is 1.43 bits per heavy atom. The molecule has 8 nitrogen and oxygen atoms in total. The van der Waals surface area contributed by atoms with Crippen LogP contribution in [-0.2, 0) is 16.0 Å². The first-order chi connectivity index (χ1) is 13.9. The summed E-state index contributed by atoms with van der Waals surface area (Å²) < 4.78 is 0. The molecule has 2 unspecified atom stereocenters. The summed E-state index contributed by atoms with van der Waals surface area (Å²) in [6, 6.07) is 0. The molecule has 1 saturated carbocycles. The number of nitrogens with zero attached hydrogens (tertiary/aromatic N) is 4. The third-order valence-electron chi connectivity index (χ3n) is 5.06. The van der Waals surface area contributed by atoms with Gasteiger partial charge in [0.2, 0.25) is 22.1 Å². The summed E-state index contributed by atoms with van der Waals surface area (Å²) in [4.78, 5) is 24.2. The lowest BCUT2D eigenvalue weighted by atomic mass is 9.96. The zero-order valence-corrected chi connectivity index (χ0v) is 20.0. The van der Waals surface area contributed by atoms with Crippen LogP contribution < -0.4 is 10.6 Å². The smallest absolute Gasteiger partial charge is 0.231 e. The van der Waals surface area contributed by atoms with Gasteiger partial charge in [-0.15, -0.1) is 20.4 Å². The number of anilines is 2. The minimum absolute atomic E-state index is 0.0554. The van der Waals surface area contributed by atoms with Crippen molar-refractivity contribution in [3.05, 3.63) is 10.0 Å². The van der Waals surface area contributed by atoms with E-state index in [1.54, 1.807) is 0 Å². The molecule has 0 spiro atoms. The number of rotatable bonds is 5. The SMILES string of the molecule is CC(C)(C)C(=O)Nc1nnc(CC2CCC(c3nnc(NC(=O)C(C)(C)C)s3)C2)s1. The van der Waals surface area contributed by atoms with E-state index in [1.165, 1.54) is 22.7 Å². The predicted molar refractivity (Wildman–Crippen MR) is 120 cm³/mol. The van der Waals surface area contributed by atoms with Gasteiger partial charge in [0, 0.05) is 23.2 Å². The highest BCUT2D eigenvalue weighted by Crippen LogP contribution is 2.41. The summed E-state index contributed by atoms with van der Waals surface area (Å²) in [6.07, 6.45) is 4.02. The van der Waals surface area contributed by atoms with Crippen molar-refractivity contribution in [1.29, 1.82) is 0 Å². The van der Waals surface area contributed by atoms with E-state index in [1.807, 2.05) is 41.5 Å². The molecule has 0 saturated heterocycles. The first-order valence-corrected chi connectivity index (χ1v) is 11.8. The van der Waals surface area contributed by atoms with Gasteiger partial charge in [0.1, 0.15) is 10.0 Å². The molecule has 2 aromatic rings. The van der Waals surface area contributed by atoms with E-state index in [4.69, 9.17) is 0 Å². The maximum Gasteiger partial charge on any atom is 0.231 e. The molecule has 2 amide bonds. The summed E-state index contributed by atoms with van der Waals surface area (Å²) in [6.45, 7) is 11.2. The van der Waals surface area contributed by atoms with Crippen LogP contribution in [0.15, 0.2) is 0 Å². The first kappa shape index (κ1) is 22.7. The molecule has 30 heavy (non-hydrogen) atoms. The van der Waals surface area contributed by atoms with Crippen LogP contribution in [0.4, 0.5) is 10.3 Å². The highest BCUT2D eigenvalue weighted by atomic mass is 32.1. The number of hydrogen-bond acceptors (Lipinski definition) is 8. The van der Waals surface area contributed by atoms with Crippen molar-refractivity contribution >= 4 is 44.8 Å². The summed E-state index contributed by atoms with van der Waals surface area (Å²) in [5, 5.41) is 25.6. The van der Waals surface area contributed by atoms with E-state index in [2.05, 4.69) is 31.0 Å². The second kappa shape index (κ2) is 8.66. The van der Waals surface area contributed by atoms with Gasteiger partial charge in [-0.2, -0.15) is 0 Å². The second-order valence-corrected chi connectivity index (χ2v) is 12.0. The van der Waals surface area contributed by atoms with Gasteiger partial charge in [0.05, 0.1) is 0 Å². The van der Waals surface area contributed by atoms with E-state index < -0.39 is 10.8 Å². The van der Waals surface area contributed by atoms with Gasteiger partial charge in [-0.05, 0) is 25.2 Å². The van der Waals surface area contributed by atoms with Crippen molar-refractivity contribution in [3.8, 4) is 0 Å². The van der Waals surface area contributed by atoms with Crippen molar-refractivity contribution in [1.82, 2.24) is 20.4 Å². The Bertz CT molecular complexity index is 909. The van der Waals surface area contributed by atoms with Crippen molar-refractivity contribution in [3.63, 3.8) is 0 Å². The maximum atomic E-state index is 12.1. The van der Waals surface area contributed by atoms with Gasteiger partial charge in [0.25, 0.3) is 0 Å². The molecule has 0 bridgehead atoms. The van der Waals surface area contributed by atoms with Crippen LogP contribution in [0.2, 0.25) is 0 Å². The number of hydrogen-bond donors (Lipinski definition) is 2. The highest BCUT2D eigenvalue weighted by Gasteiger charge is 2.30. The molecule has 2 N–H and O–H groups in total. The van der Waals surface area contributed by atoms with Crippen LogP contribution in [0.5, 0.6) is 0 Å². The number of carbonyl (C=O) groups is 2. The Hall–Kier alpha value is -1.94. The summed E-state index contributed by atoms with van der Waals surface area (Å²) >= 11 is 2.92. The Morgan fingerprint density at radius 3 is 2.03 bits per heavy atom. The summed E-state index contributed by atoms with van der Waals surface area (Å²) in [7, 11) is 0. The Kier molecular flexibility index (Phi) is 6.57. The van der Waals surface area contributed by atoms with Crippen LogP contribution in [-0.4, -0.2) is 32.2 Å². The lowest BCUT2D eigenvalue weighted by molar-refractivity contribution is -0.123. The monoisotopic (exact) mass is 450 g/mol. The Labute approximate surface area is 185 Å². The minimum atomic E-state index is -0.461. The lowest BCUT2D eigenvalue weighted by Crippen LogP contribution is -2.27. The van der Waals surface area contributed by atoms with Gasteiger partial charge >= 0.3 is 0 Å². The second-order valence-electron chi connectivity index (χ2n) is 9.93. The first-order valence-electron chi connectivity index (χ1n) is 10.2. The number of amides is 2. The zero-order chi connectivity index (χ0) is 22.1. The minimum Gasteiger partial charge on any atom is -0.300 e. The molecule has 1 aliphatic rings. The largest absolute Gasteiger partial charge is 0.300 e. The van der Waals surface area contributed by atoms with Crippen molar-refractivity contribution in [2.75, 3.05) is 10.6 Å². The van der Waals surface area contributed by atoms with Crippen LogP contribution in [0.1, 0.15) is 76.7 Å². The molecule has 1 aliphatic carbocycles. The third-order valence-corrected chi connectivity index (χ3v) is 6.93. The lowest BCUT2D eigenvalue weighted by Gasteiger charge is -2.15. The average Bonchev–Trinajstić information content (AvgIpc) is 3.35.